The van der Waals surface area contributed by atoms with E-state index in [-0.39, 0.29) is 12.2 Å². The van der Waals surface area contributed by atoms with E-state index in [4.69, 9.17) is 5.11 Å². The lowest BCUT2D eigenvalue weighted by molar-refractivity contribution is -0.385. The van der Waals surface area contributed by atoms with Crippen molar-refractivity contribution in [3.63, 3.8) is 0 Å². The number of nitrogens with zero attached hydrogens (tertiary/aromatic N) is 1. The summed E-state index contributed by atoms with van der Waals surface area (Å²) in [5.41, 5.74) is -0.321. The minimum absolute atomic E-state index is 0.200. The van der Waals surface area contributed by atoms with E-state index in [9.17, 15) is 23.3 Å². The summed E-state index contributed by atoms with van der Waals surface area (Å²) in [6, 6.07) is 2.80. The molecule has 5 nitrogen and oxygen atoms in total. The van der Waals surface area contributed by atoms with Crippen molar-refractivity contribution < 1.29 is 27.9 Å². The average Bonchev–Trinajstić information content (AvgIpc) is 2.25. The fourth-order valence-corrected chi connectivity index (χ4v) is 1.29. The molecule has 0 amide bonds. The van der Waals surface area contributed by atoms with Crippen LogP contribution in [0.5, 0.6) is 5.75 Å². The lowest BCUT2D eigenvalue weighted by Crippen LogP contribution is -2.17. The Hall–Kier alpha value is -1.83. The third kappa shape index (κ3) is 3.88. The van der Waals surface area contributed by atoms with Gasteiger partial charge in [0, 0.05) is 18.6 Å². The summed E-state index contributed by atoms with van der Waals surface area (Å²) < 4.78 is 39.8. The molecule has 1 aromatic carbocycles. The van der Waals surface area contributed by atoms with Gasteiger partial charge in [0.2, 0.25) is 0 Å². The summed E-state index contributed by atoms with van der Waals surface area (Å²) in [7, 11) is 0. The van der Waals surface area contributed by atoms with Crippen LogP contribution in [0.2, 0.25) is 0 Å². The zero-order valence-corrected chi connectivity index (χ0v) is 9.27. The fourth-order valence-electron chi connectivity index (χ4n) is 1.29. The first kappa shape index (κ1) is 14.2. The molecule has 18 heavy (non-hydrogen) atoms. The summed E-state index contributed by atoms with van der Waals surface area (Å²) in [4.78, 5) is 9.77. The van der Waals surface area contributed by atoms with Crippen LogP contribution in [-0.4, -0.2) is 23.0 Å². The van der Waals surface area contributed by atoms with Gasteiger partial charge in [-0.05, 0) is 11.6 Å². The van der Waals surface area contributed by atoms with E-state index in [1.54, 1.807) is 0 Å². The standard InChI is InChI=1S/C10H10F3NO4/c1-6(5-15)7-2-8(14(16)17)4-9(3-7)18-10(11,12)13/h2-4,6,15H,5H2,1H3. The molecule has 0 heterocycles. The van der Waals surface area contributed by atoms with Gasteiger partial charge in [-0.3, -0.25) is 10.1 Å². The van der Waals surface area contributed by atoms with Crippen LogP contribution in [0.15, 0.2) is 18.2 Å². The predicted octanol–water partition coefficient (Wildman–Crippen LogP) is 2.59. The van der Waals surface area contributed by atoms with E-state index in [0.29, 0.717) is 6.07 Å². The van der Waals surface area contributed by atoms with Crippen LogP contribution in [0.3, 0.4) is 0 Å². The third-order valence-corrected chi connectivity index (χ3v) is 2.20. The third-order valence-electron chi connectivity index (χ3n) is 2.20. The van der Waals surface area contributed by atoms with E-state index in [0.717, 1.165) is 12.1 Å². The largest absolute Gasteiger partial charge is 0.573 e. The first-order valence-corrected chi connectivity index (χ1v) is 4.89. The van der Waals surface area contributed by atoms with Gasteiger partial charge in [0.1, 0.15) is 5.75 Å². The number of nitro groups is 1. The Kier molecular flexibility index (Phi) is 4.12. The van der Waals surface area contributed by atoms with Crippen molar-refractivity contribution in [1.82, 2.24) is 0 Å². The first-order chi connectivity index (χ1) is 8.23. The zero-order chi connectivity index (χ0) is 13.9. The Balaban J connectivity index is 3.18. The van der Waals surface area contributed by atoms with Crippen molar-refractivity contribution >= 4 is 5.69 Å². The highest BCUT2D eigenvalue weighted by molar-refractivity contribution is 5.44. The molecule has 100 valence electrons. The maximum Gasteiger partial charge on any atom is 0.573 e. The normalized spacial score (nSPS) is 13.2. The molecule has 0 radical (unpaired) electrons. The van der Waals surface area contributed by atoms with Crippen molar-refractivity contribution in [2.45, 2.75) is 19.2 Å². The number of benzene rings is 1. The van der Waals surface area contributed by atoms with Gasteiger partial charge in [-0.1, -0.05) is 6.92 Å². The second-order valence-electron chi connectivity index (χ2n) is 3.65. The molecule has 0 saturated heterocycles. The number of aliphatic hydroxyl groups is 1. The smallest absolute Gasteiger partial charge is 0.406 e. The van der Waals surface area contributed by atoms with Gasteiger partial charge in [0.05, 0.1) is 11.0 Å². The summed E-state index contributed by atoms with van der Waals surface area (Å²) in [6.07, 6.45) is -4.92. The van der Waals surface area contributed by atoms with Gasteiger partial charge in [0.25, 0.3) is 5.69 Å². The Labute approximate surface area is 99.9 Å². The van der Waals surface area contributed by atoms with Crippen molar-refractivity contribution in [3.05, 3.63) is 33.9 Å². The highest BCUT2D eigenvalue weighted by Gasteiger charge is 2.32. The Morgan fingerprint density at radius 2 is 2.06 bits per heavy atom. The van der Waals surface area contributed by atoms with Gasteiger partial charge in [-0.25, -0.2) is 0 Å². The average molecular weight is 265 g/mol. The Morgan fingerprint density at radius 1 is 1.44 bits per heavy atom. The van der Waals surface area contributed by atoms with Gasteiger partial charge in [0.15, 0.2) is 0 Å². The summed E-state index contributed by atoms with van der Waals surface area (Å²) in [5.74, 6) is -1.20. The van der Waals surface area contributed by atoms with Gasteiger partial charge in [-0.15, -0.1) is 13.2 Å². The summed E-state index contributed by atoms with van der Waals surface area (Å²) in [6.45, 7) is 1.18. The van der Waals surface area contributed by atoms with E-state index >= 15 is 0 Å². The highest BCUT2D eigenvalue weighted by Crippen LogP contribution is 2.30. The van der Waals surface area contributed by atoms with E-state index in [2.05, 4.69) is 4.74 Å². The van der Waals surface area contributed by atoms with E-state index in [1.165, 1.54) is 6.92 Å². The van der Waals surface area contributed by atoms with Crippen LogP contribution in [-0.2, 0) is 0 Å². The molecule has 0 aliphatic rings. The van der Waals surface area contributed by atoms with Crippen LogP contribution in [0.4, 0.5) is 18.9 Å². The van der Waals surface area contributed by atoms with Gasteiger partial charge < -0.3 is 9.84 Å². The van der Waals surface area contributed by atoms with Crippen molar-refractivity contribution in [1.29, 1.82) is 0 Å². The molecule has 0 saturated carbocycles. The molecule has 0 aliphatic carbocycles. The molecule has 1 N–H and O–H groups in total. The molecule has 0 aliphatic heterocycles. The minimum Gasteiger partial charge on any atom is -0.406 e. The molecule has 0 bridgehead atoms. The molecule has 1 atom stereocenters. The van der Waals surface area contributed by atoms with Crippen LogP contribution in [0, 0.1) is 10.1 Å². The number of ether oxygens (including phenoxy) is 1. The SMILES string of the molecule is CC(CO)c1cc(OC(F)(F)F)cc([N+](=O)[O-])c1. The van der Waals surface area contributed by atoms with Crippen molar-refractivity contribution in [2.75, 3.05) is 6.61 Å². The fraction of sp³-hybridized carbons (Fsp3) is 0.400. The van der Waals surface area contributed by atoms with Gasteiger partial charge >= 0.3 is 6.36 Å². The monoisotopic (exact) mass is 265 g/mol. The molecular weight excluding hydrogens is 255 g/mol. The quantitative estimate of drug-likeness (QED) is 0.670. The maximum atomic E-state index is 12.0. The summed E-state index contributed by atoms with van der Waals surface area (Å²) in [5, 5.41) is 19.5. The molecular formula is C10H10F3NO4. The number of rotatable bonds is 4. The number of aliphatic hydroxyl groups excluding tert-OH is 1. The van der Waals surface area contributed by atoms with Crippen LogP contribution < -0.4 is 4.74 Å². The molecule has 0 spiro atoms. The van der Waals surface area contributed by atoms with Crippen LogP contribution in [0.1, 0.15) is 18.4 Å². The molecule has 0 aromatic heterocycles. The molecule has 1 rings (SSSR count). The van der Waals surface area contributed by atoms with Crippen molar-refractivity contribution in [3.8, 4) is 5.75 Å². The number of nitro benzene ring substituents is 1. The lowest BCUT2D eigenvalue weighted by Gasteiger charge is -2.12. The van der Waals surface area contributed by atoms with Crippen molar-refractivity contribution in [2.24, 2.45) is 0 Å². The van der Waals surface area contributed by atoms with E-state index < -0.39 is 28.6 Å². The Bertz CT molecular complexity index is 447. The Morgan fingerprint density at radius 3 is 2.50 bits per heavy atom. The first-order valence-electron chi connectivity index (χ1n) is 4.89. The number of hydrogen-bond donors (Lipinski definition) is 1. The molecule has 1 aromatic rings. The molecule has 1 unspecified atom stereocenters. The number of hydrogen-bond acceptors (Lipinski definition) is 4. The maximum absolute atomic E-state index is 12.0. The second-order valence-corrected chi connectivity index (χ2v) is 3.65. The minimum atomic E-state index is -4.92. The topological polar surface area (TPSA) is 72.6 Å². The summed E-state index contributed by atoms with van der Waals surface area (Å²) >= 11 is 0. The van der Waals surface area contributed by atoms with E-state index in [1.807, 2.05) is 0 Å². The number of non-ortho nitro benzene ring substituents is 1. The van der Waals surface area contributed by atoms with Crippen LogP contribution >= 0.6 is 0 Å². The van der Waals surface area contributed by atoms with Gasteiger partial charge in [-0.2, -0.15) is 0 Å². The van der Waals surface area contributed by atoms with Crippen LogP contribution in [0.25, 0.3) is 0 Å². The highest BCUT2D eigenvalue weighted by atomic mass is 19.4. The predicted molar refractivity (Wildman–Crippen MR) is 55.3 cm³/mol. The second kappa shape index (κ2) is 5.21. The number of alkyl halides is 3. The lowest BCUT2D eigenvalue weighted by atomic mass is 10.0. The zero-order valence-electron chi connectivity index (χ0n) is 9.27. The molecule has 0 fully saturated rings. The molecule has 8 heteroatoms. The number of halogens is 3.